The molecule has 21 heavy (non-hydrogen) atoms. The van der Waals surface area contributed by atoms with Crippen molar-refractivity contribution in [2.24, 2.45) is 0 Å². The maximum atomic E-state index is 6.40. The van der Waals surface area contributed by atoms with Crippen LogP contribution in [0.25, 0.3) is 11.0 Å². The van der Waals surface area contributed by atoms with Gasteiger partial charge in [-0.25, -0.2) is 4.98 Å². The highest BCUT2D eigenvalue weighted by molar-refractivity contribution is 6.20. The molecule has 2 fully saturated rings. The monoisotopic (exact) mass is 304 g/mol. The van der Waals surface area contributed by atoms with Crippen molar-refractivity contribution in [2.45, 2.75) is 50.1 Å². The van der Waals surface area contributed by atoms with Crippen LogP contribution < -0.4 is 0 Å². The second-order valence-electron chi connectivity index (χ2n) is 6.33. The summed E-state index contributed by atoms with van der Waals surface area (Å²) in [6, 6.07) is 3.35. The summed E-state index contributed by atoms with van der Waals surface area (Å²) in [5.74, 6) is 0.996. The van der Waals surface area contributed by atoms with Crippen LogP contribution in [0.1, 0.15) is 49.9 Å². The Morgan fingerprint density at radius 1 is 1.29 bits per heavy atom. The van der Waals surface area contributed by atoms with Crippen molar-refractivity contribution in [1.82, 2.24) is 19.4 Å². The van der Waals surface area contributed by atoms with E-state index in [1.54, 1.807) is 0 Å². The minimum atomic E-state index is -0.0704. The van der Waals surface area contributed by atoms with Gasteiger partial charge in [0, 0.05) is 24.8 Å². The summed E-state index contributed by atoms with van der Waals surface area (Å²) in [5.41, 5.74) is 2.15. The van der Waals surface area contributed by atoms with Gasteiger partial charge in [0.1, 0.15) is 11.3 Å². The summed E-state index contributed by atoms with van der Waals surface area (Å²) in [7, 11) is 0. The van der Waals surface area contributed by atoms with E-state index >= 15 is 0 Å². The first-order valence-corrected chi connectivity index (χ1v) is 8.37. The molecule has 4 rings (SSSR count). The molecule has 4 heterocycles. The minimum absolute atomic E-state index is 0.0704. The van der Waals surface area contributed by atoms with Crippen molar-refractivity contribution in [3.63, 3.8) is 0 Å². The SMILES string of the molecule is CC(Cl)c1nc2cnccc2n1C1CCN2CCCC2C1. The number of fused-ring (bicyclic) bond motifs is 2. The summed E-state index contributed by atoms with van der Waals surface area (Å²) in [4.78, 5) is 11.6. The summed E-state index contributed by atoms with van der Waals surface area (Å²) in [6.45, 7) is 4.50. The number of alkyl halides is 1. The lowest BCUT2D eigenvalue weighted by molar-refractivity contribution is 0.156. The van der Waals surface area contributed by atoms with Crippen LogP contribution in [0.4, 0.5) is 0 Å². The molecule has 0 N–H and O–H groups in total. The molecule has 3 atom stereocenters. The Kier molecular flexibility index (Phi) is 3.38. The zero-order valence-electron chi connectivity index (χ0n) is 12.4. The second kappa shape index (κ2) is 5.25. The van der Waals surface area contributed by atoms with Crippen LogP contribution in [0.15, 0.2) is 18.5 Å². The summed E-state index contributed by atoms with van der Waals surface area (Å²) >= 11 is 6.40. The fraction of sp³-hybridized carbons (Fsp3) is 0.625. The van der Waals surface area contributed by atoms with Gasteiger partial charge < -0.3 is 9.47 Å². The Morgan fingerprint density at radius 3 is 3.05 bits per heavy atom. The van der Waals surface area contributed by atoms with Crippen LogP contribution in [0.2, 0.25) is 0 Å². The molecule has 0 bridgehead atoms. The van der Waals surface area contributed by atoms with Crippen LogP contribution in [0.3, 0.4) is 0 Å². The van der Waals surface area contributed by atoms with E-state index in [2.05, 4.69) is 20.5 Å². The quantitative estimate of drug-likeness (QED) is 0.796. The van der Waals surface area contributed by atoms with E-state index in [-0.39, 0.29) is 5.38 Å². The normalized spacial score (nSPS) is 27.9. The number of rotatable bonds is 2. The molecule has 0 aliphatic carbocycles. The van der Waals surface area contributed by atoms with E-state index in [0.717, 1.165) is 17.4 Å². The molecule has 2 aliphatic rings. The molecular weight excluding hydrogens is 284 g/mol. The third-order valence-corrected chi connectivity index (χ3v) is 5.23. The molecule has 0 spiro atoms. The van der Waals surface area contributed by atoms with Crippen molar-refractivity contribution in [1.29, 1.82) is 0 Å². The lowest BCUT2D eigenvalue weighted by Gasteiger charge is -2.36. The maximum Gasteiger partial charge on any atom is 0.128 e. The van der Waals surface area contributed by atoms with Crippen molar-refractivity contribution >= 4 is 22.6 Å². The van der Waals surface area contributed by atoms with Gasteiger partial charge in [-0.05, 0) is 45.2 Å². The number of halogens is 1. The highest BCUT2D eigenvalue weighted by Crippen LogP contribution is 2.37. The molecule has 2 saturated heterocycles. The van der Waals surface area contributed by atoms with E-state index in [9.17, 15) is 0 Å². The van der Waals surface area contributed by atoms with Crippen LogP contribution in [-0.4, -0.2) is 38.6 Å². The lowest BCUT2D eigenvalue weighted by Crippen LogP contribution is -2.39. The highest BCUT2D eigenvalue weighted by atomic mass is 35.5. The van der Waals surface area contributed by atoms with Crippen LogP contribution in [0.5, 0.6) is 0 Å². The molecule has 112 valence electrons. The number of hydrogen-bond acceptors (Lipinski definition) is 3. The van der Waals surface area contributed by atoms with Gasteiger partial charge in [-0.3, -0.25) is 4.98 Å². The van der Waals surface area contributed by atoms with Gasteiger partial charge in [0.15, 0.2) is 0 Å². The van der Waals surface area contributed by atoms with Gasteiger partial charge in [0.2, 0.25) is 0 Å². The summed E-state index contributed by atoms with van der Waals surface area (Å²) in [6.07, 6.45) is 8.82. The molecule has 2 aromatic heterocycles. The smallest absolute Gasteiger partial charge is 0.128 e. The van der Waals surface area contributed by atoms with Gasteiger partial charge in [0.05, 0.1) is 17.1 Å². The van der Waals surface area contributed by atoms with Gasteiger partial charge in [-0.1, -0.05) is 0 Å². The van der Waals surface area contributed by atoms with Gasteiger partial charge in [-0.15, -0.1) is 11.6 Å². The predicted octanol–water partition coefficient (Wildman–Crippen LogP) is 3.53. The molecule has 2 aromatic rings. The standard InChI is InChI=1S/C16H21ClN4/c1-11(17)16-19-14-10-18-6-4-15(14)21(16)13-5-8-20-7-2-3-12(20)9-13/h4,6,10-13H,2-3,5,7-9H2,1H3. The van der Waals surface area contributed by atoms with Gasteiger partial charge in [-0.2, -0.15) is 0 Å². The molecule has 3 unspecified atom stereocenters. The maximum absolute atomic E-state index is 6.40. The zero-order chi connectivity index (χ0) is 14.4. The second-order valence-corrected chi connectivity index (χ2v) is 6.99. The van der Waals surface area contributed by atoms with E-state index in [4.69, 9.17) is 16.6 Å². The van der Waals surface area contributed by atoms with E-state index in [0.29, 0.717) is 6.04 Å². The molecule has 0 saturated carbocycles. The molecule has 0 radical (unpaired) electrons. The first kappa shape index (κ1) is 13.5. The van der Waals surface area contributed by atoms with Crippen LogP contribution in [0, 0.1) is 0 Å². The number of pyridine rings is 1. The summed E-state index contributed by atoms with van der Waals surface area (Å²) in [5, 5.41) is -0.0704. The Bertz CT molecular complexity index is 651. The highest BCUT2D eigenvalue weighted by Gasteiger charge is 2.34. The number of piperidine rings is 1. The van der Waals surface area contributed by atoms with Crippen molar-refractivity contribution in [3.8, 4) is 0 Å². The average Bonchev–Trinajstić information content (AvgIpc) is 3.10. The van der Waals surface area contributed by atoms with Crippen molar-refractivity contribution in [3.05, 3.63) is 24.3 Å². The average molecular weight is 305 g/mol. The third kappa shape index (κ3) is 2.25. The van der Waals surface area contributed by atoms with E-state index in [1.807, 2.05) is 19.3 Å². The predicted molar refractivity (Wildman–Crippen MR) is 84.7 cm³/mol. The molecular formula is C16H21ClN4. The van der Waals surface area contributed by atoms with Gasteiger partial charge >= 0.3 is 0 Å². The van der Waals surface area contributed by atoms with Crippen molar-refractivity contribution in [2.75, 3.05) is 13.1 Å². The Balaban J connectivity index is 1.76. The minimum Gasteiger partial charge on any atom is -0.323 e. The molecule has 4 nitrogen and oxygen atoms in total. The number of imidazole rings is 1. The Morgan fingerprint density at radius 2 is 2.19 bits per heavy atom. The zero-order valence-corrected chi connectivity index (χ0v) is 13.1. The first-order chi connectivity index (χ1) is 10.2. The fourth-order valence-corrected chi connectivity index (χ4v) is 4.23. The summed E-state index contributed by atoms with van der Waals surface area (Å²) < 4.78 is 2.39. The Labute approximate surface area is 130 Å². The van der Waals surface area contributed by atoms with E-state index < -0.39 is 0 Å². The van der Waals surface area contributed by atoms with Crippen LogP contribution >= 0.6 is 11.6 Å². The fourth-order valence-electron chi connectivity index (χ4n) is 4.07. The molecule has 0 aromatic carbocycles. The molecule has 0 amide bonds. The van der Waals surface area contributed by atoms with Crippen molar-refractivity contribution < 1.29 is 0 Å². The largest absolute Gasteiger partial charge is 0.323 e. The lowest BCUT2D eigenvalue weighted by atomic mass is 9.97. The topological polar surface area (TPSA) is 34.0 Å². The third-order valence-electron chi connectivity index (χ3n) is 5.03. The Hall–Kier alpha value is -1.13. The number of hydrogen-bond donors (Lipinski definition) is 0. The van der Waals surface area contributed by atoms with Crippen LogP contribution in [-0.2, 0) is 0 Å². The van der Waals surface area contributed by atoms with Gasteiger partial charge in [0.25, 0.3) is 0 Å². The molecule has 2 aliphatic heterocycles. The molecule has 5 heteroatoms. The van der Waals surface area contributed by atoms with E-state index in [1.165, 1.54) is 44.3 Å². The number of nitrogens with zero attached hydrogens (tertiary/aromatic N) is 4. The first-order valence-electron chi connectivity index (χ1n) is 7.94. The number of aromatic nitrogens is 3.